The van der Waals surface area contributed by atoms with Crippen LogP contribution in [0.2, 0.25) is 0 Å². The molecule has 1 nitrogen and oxygen atoms in total. The normalized spacial score (nSPS) is 12.3. The Balaban J connectivity index is 2.37. The molecule has 100 valence electrons. The van der Waals surface area contributed by atoms with Crippen molar-refractivity contribution in [3.8, 4) is 5.75 Å². The van der Waals surface area contributed by atoms with E-state index in [9.17, 15) is 8.78 Å². The SMILES string of the molecule is COc1cc(C(Br)c2ccc(F)c(C)c2)ccc1F. The molecule has 4 heteroatoms. The van der Waals surface area contributed by atoms with Gasteiger partial charge in [-0.15, -0.1) is 0 Å². The van der Waals surface area contributed by atoms with Crippen molar-refractivity contribution in [3.63, 3.8) is 0 Å². The van der Waals surface area contributed by atoms with E-state index in [1.807, 2.05) is 0 Å². The molecule has 0 bridgehead atoms. The number of hydrogen-bond donors (Lipinski definition) is 0. The summed E-state index contributed by atoms with van der Waals surface area (Å²) in [5, 5.41) is 0. The maximum atomic E-state index is 13.4. The molecular formula is C15H13BrF2O. The Bertz CT molecular complexity index is 599. The molecule has 19 heavy (non-hydrogen) atoms. The van der Waals surface area contributed by atoms with Crippen molar-refractivity contribution in [1.82, 2.24) is 0 Å². The number of ether oxygens (including phenoxy) is 1. The van der Waals surface area contributed by atoms with Crippen LogP contribution in [0.4, 0.5) is 8.78 Å². The maximum absolute atomic E-state index is 13.4. The summed E-state index contributed by atoms with van der Waals surface area (Å²) < 4.78 is 31.6. The fourth-order valence-electron chi connectivity index (χ4n) is 1.85. The van der Waals surface area contributed by atoms with Gasteiger partial charge in [-0.05, 0) is 41.8 Å². The Hall–Kier alpha value is -1.42. The van der Waals surface area contributed by atoms with Crippen molar-refractivity contribution >= 4 is 15.9 Å². The number of benzene rings is 2. The lowest BCUT2D eigenvalue weighted by Gasteiger charge is -2.13. The minimum atomic E-state index is -0.402. The summed E-state index contributed by atoms with van der Waals surface area (Å²) >= 11 is 3.54. The Morgan fingerprint density at radius 2 is 1.58 bits per heavy atom. The lowest BCUT2D eigenvalue weighted by atomic mass is 10.0. The zero-order chi connectivity index (χ0) is 14.0. The van der Waals surface area contributed by atoms with E-state index in [-0.39, 0.29) is 16.4 Å². The molecule has 1 unspecified atom stereocenters. The van der Waals surface area contributed by atoms with Gasteiger partial charge in [-0.2, -0.15) is 0 Å². The Labute approximate surface area is 119 Å². The summed E-state index contributed by atoms with van der Waals surface area (Å²) in [5.74, 6) is -0.442. The summed E-state index contributed by atoms with van der Waals surface area (Å²) in [6.07, 6.45) is 0. The van der Waals surface area contributed by atoms with E-state index < -0.39 is 5.82 Å². The first-order chi connectivity index (χ1) is 9.02. The molecule has 2 aromatic rings. The largest absolute Gasteiger partial charge is 0.494 e. The molecule has 0 amide bonds. The number of methoxy groups -OCH3 is 1. The monoisotopic (exact) mass is 326 g/mol. The molecule has 0 heterocycles. The van der Waals surface area contributed by atoms with Crippen LogP contribution in [-0.2, 0) is 0 Å². The van der Waals surface area contributed by atoms with E-state index in [2.05, 4.69) is 15.9 Å². The van der Waals surface area contributed by atoms with Crippen molar-refractivity contribution in [3.05, 3.63) is 64.7 Å². The van der Waals surface area contributed by atoms with Gasteiger partial charge in [-0.25, -0.2) is 8.78 Å². The molecule has 1 atom stereocenters. The van der Waals surface area contributed by atoms with Crippen LogP contribution >= 0.6 is 15.9 Å². The lowest BCUT2D eigenvalue weighted by molar-refractivity contribution is 0.386. The quantitative estimate of drug-likeness (QED) is 0.738. The highest BCUT2D eigenvalue weighted by Crippen LogP contribution is 2.34. The molecular weight excluding hydrogens is 314 g/mol. The lowest BCUT2D eigenvalue weighted by Crippen LogP contribution is -1.97. The van der Waals surface area contributed by atoms with Crippen LogP contribution < -0.4 is 4.74 Å². The third-order valence-corrected chi connectivity index (χ3v) is 4.00. The van der Waals surface area contributed by atoms with Crippen molar-refractivity contribution in [2.75, 3.05) is 7.11 Å². The van der Waals surface area contributed by atoms with E-state index in [1.54, 1.807) is 31.2 Å². The van der Waals surface area contributed by atoms with Crippen molar-refractivity contribution < 1.29 is 13.5 Å². The van der Waals surface area contributed by atoms with Gasteiger partial charge in [0.25, 0.3) is 0 Å². The van der Waals surface area contributed by atoms with Crippen LogP contribution in [0.15, 0.2) is 36.4 Å². The van der Waals surface area contributed by atoms with Crippen LogP contribution in [0.3, 0.4) is 0 Å². The predicted octanol–water partition coefficient (Wildman–Crippen LogP) is 4.77. The first-order valence-corrected chi connectivity index (χ1v) is 6.68. The molecule has 0 radical (unpaired) electrons. The number of aryl methyl sites for hydroxylation is 1. The van der Waals surface area contributed by atoms with Crippen molar-refractivity contribution in [1.29, 1.82) is 0 Å². The fourth-order valence-corrected chi connectivity index (χ4v) is 2.42. The standard InChI is InChI=1S/C15H13BrF2O/c1-9-7-10(3-5-12(9)17)15(16)11-4-6-13(18)14(8-11)19-2/h3-8,15H,1-2H3. The Morgan fingerprint density at radius 3 is 2.16 bits per heavy atom. The molecule has 0 aliphatic rings. The van der Waals surface area contributed by atoms with Gasteiger partial charge < -0.3 is 4.74 Å². The van der Waals surface area contributed by atoms with Crippen LogP contribution in [0, 0.1) is 18.6 Å². The summed E-state index contributed by atoms with van der Waals surface area (Å²) in [4.78, 5) is -0.138. The summed E-state index contributed by atoms with van der Waals surface area (Å²) in [6, 6.07) is 9.57. The first-order valence-electron chi connectivity index (χ1n) is 5.76. The second-order valence-electron chi connectivity index (χ2n) is 4.27. The second-order valence-corrected chi connectivity index (χ2v) is 5.18. The van der Waals surface area contributed by atoms with Gasteiger partial charge in [0.15, 0.2) is 11.6 Å². The van der Waals surface area contributed by atoms with Gasteiger partial charge >= 0.3 is 0 Å². The molecule has 0 saturated carbocycles. The van der Waals surface area contributed by atoms with Gasteiger partial charge in [0.2, 0.25) is 0 Å². The summed E-state index contributed by atoms with van der Waals surface area (Å²) in [6.45, 7) is 1.71. The van der Waals surface area contributed by atoms with Crippen LogP contribution in [0.25, 0.3) is 0 Å². The van der Waals surface area contributed by atoms with E-state index in [4.69, 9.17) is 4.74 Å². The second kappa shape index (κ2) is 5.70. The Kier molecular flexibility index (Phi) is 4.20. The van der Waals surface area contributed by atoms with Crippen molar-refractivity contribution in [2.24, 2.45) is 0 Å². The highest BCUT2D eigenvalue weighted by molar-refractivity contribution is 9.09. The molecule has 0 spiro atoms. The number of rotatable bonds is 3. The molecule has 0 aromatic heterocycles. The summed E-state index contributed by atoms with van der Waals surface area (Å²) in [7, 11) is 1.42. The maximum Gasteiger partial charge on any atom is 0.165 e. The topological polar surface area (TPSA) is 9.23 Å². The molecule has 0 aliphatic carbocycles. The van der Waals surface area contributed by atoms with Gasteiger partial charge in [0.1, 0.15) is 5.82 Å². The van der Waals surface area contributed by atoms with Gasteiger partial charge in [0.05, 0.1) is 11.9 Å². The van der Waals surface area contributed by atoms with Gasteiger partial charge in [0, 0.05) is 0 Å². The van der Waals surface area contributed by atoms with E-state index in [0.717, 1.165) is 11.1 Å². The van der Waals surface area contributed by atoms with Crippen molar-refractivity contribution in [2.45, 2.75) is 11.8 Å². The fraction of sp³-hybridized carbons (Fsp3) is 0.200. The van der Waals surface area contributed by atoms with Gasteiger partial charge in [-0.3, -0.25) is 0 Å². The number of halogens is 3. The van der Waals surface area contributed by atoms with E-state index >= 15 is 0 Å². The number of alkyl halides is 1. The average Bonchev–Trinajstić information content (AvgIpc) is 2.41. The molecule has 0 N–H and O–H groups in total. The first kappa shape index (κ1) is 14.0. The van der Waals surface area contributed by atoms with Crippen LogP contribution in [-0.4, -0.2) is 7.11 Å². The minimum absolute atomic E-state index is 0.138. The predicted molar refractivity (Wildman–Crippen MR) is 74.9 cm³/mol. The molecule has 0 saturated heterocycles. The Morgan fingerprint density at radius 1 is 1.00 bits per heavy atom. The zero-order valence-electron chi connectivity index (χ0n) is 10.6. The summed E-state index contributed by atoms with van der Waals surface area (Å²) in [5.41, 5.74) is 2.34. The average molecular weight is 327 g/mol. The minimum Gasteiger partial charge on any atom is -0.494 e. The van der Waals surface area contributed by atoms with E-state index in [1.165, 1.54) is 19.2 Å². The van der Waals surface area contributed by atoms with E-state index in [0.29, 0.717) is 5.56 Å². The molecule has 0 fully saturated rings. The third-order valence-electron chi connectivity index (χ3n) is 2.94. The highest BCUT2D eigenvalue weighted by atomic mass is 79.9. The molecule has 2 aromatic carbocycles. The van der Waals surface area contributed by atoms with Gasteiger partial charge in [-0.1, -0.05) is 34.1 Å². The smallest absolute Gasteiger partial charge is 0.165 e. The highest BCUT2D eigenvalue weighted by Gasteiger charge is 2.14. The zero-order valence-corrected chi connectivity index (χ0v) is 12.2. The molecule has 2 rings (SSSR count). The third kappa shape index (κ3) is 2.95. The van der Waals surface area contributed by atoms with Crippen LogP contribution in [0.1, 0.15) is 21.5 Å². The number of hydrogen-bond acceptors (Lipinski definition) is 1. The van der Waals surface area contributed by atoms with Crippen LogP contribution in [0.5, 0.6) is 5.75 Å². The molecule has 0 aliphatic heterocycles.